The van der Waals surface area contributed by atoms with Crippen molar-refractivity contribution in [2.24, 2.45) is 18.4 Å². The lowest BCUT2D eigenvalue weighted by Crippen LogP contribution is -2.54. The number of ketones is 2. The molecule has 1 saturated carbocycles. The maximum absolute atomic E-state index is 13.6. The molecule has 2 aliphatic carbocycles. The van der Waals surface area contributed by atoms with Crippen molar-refractivity contribution in [1.29, 1.82) is 0 Å². The third kappa shape index (κ3) is 2.88. The van der Waals surface area contributed by atoms with Gasteiger partial charge in [-0.15, -0.1) is 0 Å². The van der Waals surface area contributed by atoms with Crippen molar-refractivity contribution < 1.29 is 24.2 Å². The molecule has 0 radical (unpaired) electrons. The summed E-state index contributed by atoms with van der Waals surface area (Å²) in [6, 6.07) is 2.40. The van der Waals surface area contributed by atoms with Crippen LogP contribution in [0.25, 0.3) is 0 Å². The van der Waals surface area contributed by atoms with E-state index in [9.17, 15) is 24.3 Å². The van der Waals surface area contributed by atoms with Crippen LogP contribution in [0.15, 0.2) is 45.0 Å². The number of ether oxygens (including phenoxy) is 2. The Labute approximate surface area is 200 Å². The number of fused-ring (bicyclic) bond motifs is 4. The number of Topliss-reactive ketones (excluding diaryl/α,β-unsaturated/α-hetero) is 1. The molecular weight excluding hydrogens is 454 g/mol. The third-order valence-corrected chi connectivity index (χ3v) is 7.97. The van der Waals surface area contributed by atoms with Gasteiger partial charge in [-0.3, -0.25) is 9.59 Å². The number of allylic oxidation sites excluding steroid dienone is 4. The number of aromatic hydroxyl groups is 1. The fourth-order valence-electron chi connectivity index (χ4n) is 6.12. The minimum Gasteiger partial charge on any atom is -0.507 e. The summed E-state index contributed by atoms with van der Waals surface area (Å²) in [7, 11) is 4.32. The van der Waals surface area contributed by atoms with Crippen molar-refractivity contribution in [3.63, 3.8) is 0 Å². The largest absolute Gasteiger partial charge is 0.507 e. The van der Waals surface area contributed by atoms with Crippen LogP contribution in [-0.4, -0.2) is 44.8 Å². The summed E-state index contributed by atoms with van der Waals surface area (Å²) in [5.74, 6) is -1.47. The Morgan fingerprint density at radius 2 is 1.80 bits per heavy atom. The van der Waals surface area contributed by atoms with Crippen LogP contribution < -0.4 is 20.9 Å². The van der Waals surface area contributed by atoms with Crippen LogP contribution in [0.1, 0.15) is 37.8 Å². The molecular formula is C25H27N3O7. The fraction of sp³-hybridized carbons (Fsp3) is 0.440. The van der Waals surface area contributed by atoms with E-state index in [0.29, 0.717) is 28.2 Å². The normalized spacial score (nSPS) is 27.4. The molecule has 1 aromatic carbocycles. The minimum absolute atomic E-state index is 0.119. The van der Waals surface area contributed by atoms with Gasteiger partial charge < -0.3 is 14.6 Å². The lowest BCUT2D eigenvalue weighted by molar-refractivity contribution is -0.139. The summed E-state index contributed by atoms with van der Waals surface area (Å²) in [5, 5.41) is 11.2. The zero-order chi connectivity index (χ0) is 25.4. The van der Waals surface area contributed by atoms with E-state index in [1.165, 1.54) is 42.8 Å². The van der Waals surface area contributed by atoms with Gasteiger partial charge in [0.1, 0.15) is 17.2 Å². The van der Waals surface area contributed by atoms with Crippen LogP contribution in [0.3, 0.4) is 0 Å². The van der Waals surface area contributed by atoms with E-state index >= 15 is 0 Å². The Kier molecular flexibility index (Phi) is 4.98. The molecule has 10 heteroatoms. The standard InChI is InChI=1S/C25H27N3O7/c1-12-8-19(30)25(2)15(22(12)31)11-16-14(6-7-27-23(32)26(3)24(33)28(16)27)21(25)20-17(29)9-13(34-4)10-18(20)35-5/h6,8-10,15-16,21,29H,7,11H2,1-5H3/t15-,16+,21+,25-/m0/s1. The third-order valence-electron chi connectivity index (χ3n) is 7.97. The number of benzene rings is 1. The number of rotatable bonds is 3. The van der Waals surface area contributed by atoms with Crippen molar-refractivity contribution in [3.05, 3.63) is 62.0 Å². The van der Waals surface area contributed by atoms with Gasteiger partial charge in [-0.2, -0.15) is 0 Å². The van der Waals surface area contributed by atoms with Gasteiger partial charge in [0, 0.05) is 36.6 Å². The zero-order valence-electron chi connectivity index (χ0n) is 20.2. The van der Waals surface area contributed by atoms with Crippen LogP contribution in [0, 0.1) is 11.3 Å². The Balaban J connectivity index is 1.84. The fourth-order valence-corrected chi connectivity index (χ4v) is 6.12. The predicted octanol–water partition coefficient (Wildman–Crippen LogP) is 1.46. The Morgan fingerprint density at radius 3 is 2.46 bits per heavy atom. The second-order valence-corrected chi connectivity index (χ2v) is 9.59. The first-order valence-electron chi connectivity index (χ1n) is 11.4. The highest BCUT2D eigenvalue weighted by molar-refractivity contribution is 6.13. The molecule has 0 saturated heterocycles. The summed E-state index contributed by atoms with van der Waals surface area (Å²) < 4.78 is 14.7. The lowest BCUT2D eigenvalue weighted by Gasteiger charge is -2.52. The molecule has 10 nitrogen and oxygen atoms in total. The van der Waals surface area contributed by atoms with Gasteiger partial charge in [-0.1, -0.05) is 13.0 Å². The number of carbonyl (C=O) groups is 2. The van der Waals surface area contributed by atoms with Gasteiger partial charge in [-0.05, 0) is 30.6 Å². The molecule has 1 aromatic heterocycles. The van der Waals surface area contributed by atoms with Crippen LogP contribution in [0.4, 0.5) is 0 Å². The molecule has 3 aliphatic rings. The number of phenols is 1. The number of methoxy groups -OCH3 is 2. The first-order valence-corrected chi connectivity index (χ1v) is 11.4. The highest BCUT2D eigenvalue weighted by Gasteiger charge is 2.60. The highest BCUT2D eigenvalue weighted by atomic mass is 16.5. The van der Waals surface area contributed by atoms with Gasteiger partial charge in [0.05, 0.1) is 32.2 Å². The molecule has 0 bridgehead atoms. The smallest absolute Gasteiger partial charge is 0.347 e. The molecule has 1 N–H and O–H groups in total. The van der Waals surface area contributed by atoms with E-state index in [1.807, 2.05) is 6.08 Å². The molecule has 2 heterocycles. The molecule has 0 unspecified atom stereocenters. The molecule has 1 fully saturated rings. The van der Waals surface area contributed by atoms with Crippen molar-refractivity contribution in [3.8, 4) is 17.2 Å². The molecule has 4 atom stereocenters. The van der Waals surface area contributed by atoms with E-state index in [0.717, 1.165) is 4.57 Å². The van der Waals surface area contributed by atoms with E-state index in [-0.39, 0.29) is 30.3 Å². The first kappa shape index (κ1) is 22.9. The molecule has 5 rings (SSSR count). The topological polar surface area (TPSA) is 122 Å². The van der Waals surface area contributed by atoms with Crippen LogP contribution in [0.2, 0.25) is 0 Å². The SMILES string of the molecule is COc1cc(O)c([C@H]2C3=CCn4c(=O)n(C)c(=O)n4[C@@H]3C[C@H]3C(=O)C(C)=CC(=O)[C@@]23C)c(OC)c1. The van der Waals surface area contributed by atoms with E-state index in [4.69, 9.17) is 9.47 Å². The van der Waals surface area contributed by atoms with Gasteiger partial charge in [0.25, 0.3) is 0 Å². The highest BCUT2D eigenvalue weighted by Crippen LogP contribution is 2.62. The Bertz CT molecular complexity index is 1470. The summed E-state index contributed by atoms with van der Waals surface area (Å²) in [6.07, 6.45) is 3.37. The molecule has 2 aromatic rings. The number of hydrogen-bond donors (Lipinski definition) is 1. The van der Waals surface area contributed by atoms with Crippen LogP contribution in [0.5, 0.6) is 17.2 Å². The van der Waals surface area contributed by atoms with Gasteiger partial charge in [0.2, 0.25) is 0 Å². The quantitative estimate of drug-likeness (QED) is 0.659. The average molecular weight is 482 g/mol. The predicted molar refractivity (Wildman–Crippen MR) is 125 cm³/mol. The summed E-state index contributed by atoms with van der Waals surface area (Å²) in [5.41, 5.74) is -0.819. The van der Waals surface area contributed by atoms with Crippen LogP contribution in [-0.2, 0) is 23.2 Å². The minimum atomic E-state index is -1.24. The number of phenolic OH excluding ortho intramolecular Hbond substituents is 1. The second-order valence-electron chi connectivity index (χ2n) is 9.59. The number of carbonyl (C=O) groups excluding carboxylic acids is 2. The summed E-state index contributed by atoms with van der Waals surface area (Å²) in [6.45, 7) is 3.46. The number of nitrogens with zero attached hydrogens (tertiary/aromatic N) is 3. The Hall–Kier alpha value is -3.82. The molecule has 35 heavy (non-hydrogen) atoms. The van der Waals surface area contributed by atoms with Gasteiger partial charge in [-0.25, -0.2) is 23.5 Å². The van der Waals surface area contributed by atoms with Crippen LogP contribution >= 0.6 is 0 Å². The summed E-state index contributed by atoms with van der Waals surface area (Å²) >= 11 is 0. The first-order chi connectivity index (χ1) is 16.6. The lowest BCUT2D eigenvalue weighted by atomic mass is 9.51. The molecule has 0 amide bonds. The monoisotopic (exact) mass is 481 g/mol. The molecule has 184 valence electrons. The van der Waals surface area contributed by atoms with E-state index in [1.54, 1.807) is 19.9 Å². The molecule has 0 spiro atoms. The van der Waals surface area contributed by atoms with Crippen molar-refractivity contribution in [2.45, 2.75) is 38.8 Å². The van der Waals surface area contributed by atoms with Gasteiger partial charge in [0.15, 0.2) is 11.6 Å². The zero-order valence-corrected chi connectivity index (χ0v) is 20.2. The second kappa shape index (κ2) is 7.59. The maximum Gasteiger partial charge on any atom is 0.347 e. The Morgan fingerprint density at radius 1 is 1.09 bits per heavy atom. The van der Waals surface area contributed by atoms with Crippen molar-refractivity contribution in [1.82, 2.24) is 13.9 Å². The molecule has 1 aliphatic heterocycles. The average Bonchev–Trinajstić information content (AvgIpc) is 3.06. The number of hydrogen-bond acceptors (Lipinski definition) is 7. The maximum atomic E-state index is 13.6. The van der Waals surface area contributed by atoms with Crippen molar-refractivity contribution in [2.75, 3.05) is 14.2 Å². The van der Waals surface area contributed by atoms with E-state index in [2.05, 4.69) is 0 Å². The number of aromatic nitrogens is 3. The summed E-state index contributed by atoms with van der Waals surface area (Å²) in [4.78, 5) is 52.8. The van der Waals surface area contributed by atoms with E-state index < -0.39 is 34.7 Å². The van der Waals surface area contributed by atoms with Gasteiger partial charge >= 0.3 is 11.4 Å². The van der Waals surface area contributed by atoms with Crippen molar-refractivity contribution >= 4 is 11.6 Å².